The van der Waals surface area contributed by atoms with Gasteiger partial charge in [-0.25, -0.2) is 0 Å². The highest BCUT2D eigenvalue weighted by molar-refractivity contribution is 9.10. The molecule has 22 heavy (non-hydrogen) atoms. The molecule has 124 valence electrons. The second kappa shape index (κ2) is 9.41. The van der Waals surface area contributed by atoms with Gasteiger partial charge in [0.15, 0.2) is 11.5 Å². The van der Waals surface area contributed by atoms with Gasteiger partial charge in [-0.05, 0) is 44.4 Å². The fraction of sp³-hybridized carbons (Fsp3) is 0.667. The standard InChI is InChI=1S/C18H28BrNO2/c1-3-21-17-11-14(16(19)12-18(17)22-4-2)13-20-15-9-7-5-6-8-10-15/h11-12,15,20H,3-10,13H2,1-2H3. The van der Waals surface area contributed by atoms with Gasteiger partial charge in [0, 0.05) is 17.1 Å². The molecule has 0 atom stereocenters. The van der Waals surface area contributed by atoms with Crippen molar-refractivity contribution in [3.05, 3.63) is 22.2 Å². The molecule has 1 aliphatic carbocycles. The molecule has 0 amide bonds. The zero-order valence-corrected chi connectivity index (χ0v) is 15.4. The molecule has 1 N–H and O–H groups in total. The van der Waals surface area contributed by atoms with Gasteiger partial charge < -0.3 is 14.8 Å². The first-order valence-corrected chi connectivity index (χ1v) is 9.35. The average molecular weight is 370 g/mol. The van der Waals surface area contributed by atoms with Crippen LogP contribution in [0, 0.1) is 0 Å². The number of nitrogens with one attached hydrogen (secondary N) is 1. The monoisotopic (exact) mass is 369 g/mol. The lowest BCUT2D eigenvalue weighted by Gasteiger charge is -2.18. The molecule has 0 spiro atoms. The summed E-state index contributed by atoms with van der Waals surface area (Å²) in [5, 5.41) is 3.71. The van der Waals surface area contributed by atoms with Gasteiger partial charge in [0.05, 0.1) is 13.2 Å². The highest BCUT2D eigenvalue weighted by atomic mass is 79.9. The zero-order chi connectivity index (χ0) is 15.8. The van der Waals surface area contributed by atoms with Crippen LogP contribution in [0.1, 0.15) is 57.9 Å². The Morgan fingerprint density at radius 1 is 1.00 bits per heavy atom. The molecule has 1 fully saturated rings. The van der Waals surface area contributed by atoms with E-state index < -0.39 is 0 Å². The van der Waals surface area contributed by atoms with Crippen LogP contribution in [0.3, 0.4) is 0 Å². The minimum atomic E-state index is 0.645. The smallest absolute Gasteiger partial charge is 0.162 e. The van der Waals surface area contributed by atoms with Crippen molar-refractivity contribution in [2.45, 2.75) is 65.0 Å². The predicted octanol–water partition coefficient (Wildman–Crippen LogP) is 5.06. The summed E-state index contributed by atoms with van der Waals surface area (Å²) in [7, 11) is 0. The molecule has 0 radical (unpaired) electrons. The Hall–Kier alpha value is -0.740. The summed E-state index contributed by atoms with van der Waals surface area (Å²) in [4.78, 5) is 0. The summed E-state index contributed by atoms with van der Waals surface area (Å²) >= 11 is 3.67. The second-order valence-corrected chi connectivity index (χ2v) is 6.68. The minimum Gasteiger partial charge on any atom is -0.490 e. The number of benzene rings is 1. The van der Waals surface area contributed by atoms with Crippen molar-refractivity contribution in [2.24, 2.45) is 0 Å². The van der Waals surface area contributed by atoms with Crippen molar-refractivity contribution in [1.29, 1.82) is 0 Å². The Morgan fingerprint density at radius 2 is 1.59 bits per heavy atom. The molecule has 0 heterocycles. The van der Waals surface area contributed by atoms with Crippen LogP contribution >= 0.6 is 15.9 Å². The van der Waals surface area contributed by atoms with Crippen LogP contribution in [0.2, 0.25) is 0 Å². The number of hydrogen-bond donors (Lipinski definition) is 1. The predicted molar refractivity (Wildman–Crippen MR) is 94.8 cm³/mol. The molecule has 0 bridgehead atoms. The molecule has 2 rings (SSSR count). The molecule has 3 nitrogen and oxygen atoms in total. The topological polar surface area (TPSA) is 30.5 Å². The van der Waals surface area contributed by atoms with Gasteiger partial charge >= 0.3 is 0 Å². The Bertz CT molecular complexity index is 457. The van der Waals surface area contributed by atoms with Gasteiger partial charge in [-0.2, -0.15) is 0 Å². The molecule has 1 saturated carbocycles. The molecule has 0 unspecified atom stereocenters. The summed E-state index contributed by atoms with van der Waals surface area (Å²) in [5.74, 6) is 1.65. The summed E-state index contributed by atoms with van der Waals surface area (Å²) in [6.45, 7) is 6.16. The first-order chi connectivity index (χ1) is 10.7. The van der Waals surface area contributed by atoms with E-state index in [1.54, 1.807) is 0 Å². The van der Waals surface area contributed by atoms with E-state index in [2.05, 4.69) is 27.3 Å². The number of ether oxygens (including phenoxy) is 2. The van der Waals surface area contributed by atoms with Crippen LogP contribution in [-0.4, -0.2) is 19.3 Å². The quantitative estimate of drug-likeness (QED) is 0.681. The third-order valence-electron chi connectivity index (χ3n) is 4.15. The van der Waals surface area contributed by atoms with Crippen molar-refractivity contribution < 1.29 is 9.47 Å². The van der Waals surface area contributed by atoms with E-state index in [9.17, 15) is 0 Å². The maximum absolute atomic E-state index is 5.72. The van der Waals surface area contributed by atoms with Crippen LogP contribution in [0.4, 0.5) is 0 Å². The molecule has 1 aliphatic rings. The molecule has 0 aromatic heterocycles. The molecular weight excluding hydrogens is 342 g/mol. The van der Waals surface area contributed by atoms with E-state index in [1.165, 1.54) is 44.1 Å². The van der Waals surface area contributed by atoms with Crippen molar-refractivity contribution in [2.75, 3.05) is 13.2 Å². The number of rotatable bonds is 7. The lowest BCUT2D eigenvalue weighted by molar-refractivity contribution is 0.287. The summed E-state index contributed by atoms with van der Waals surface area (Å²) in [6, 6.07) is 4.78. The first-order valence-electron chi connectivity index (χ1n) is 8.56. The zero-order valence-electron chi connectivity index (χ0n) is 13.8. The highest BCUT2D eigenvalue weighted by Gasteiger charge is 2.14. The Balaban J connectivity index is 2.04. The van der Waals surface area contributed by atoms with E-state index in [0.717, 1.165) is 22.5 Å². The summed E-state index contributed by atoms with van der Waals surface area (Å²) < 4.78 is 12.5. The fourth-order valence-corrected chi connectivity index (χ4v) is 3.45. The van der Waals surface area contributed by atoms with Crippen LogP contribution in [0.5, 0.6) is 11.5 Å². The normalized spacial score (nSPS) is 16.3. The van der Waals surface area contributed by atoms with E-state index in [1.807, 2.05) is 19.9 Å². The lowest BCUT2D eigenvalue weighted by Crippen LogP contribution is -2.28. The highest BCUT2D eigenvalue weighted by Crippen LogP contribution is 2.34. The molecule has 1 aromatic rings. The van der Waals surface area contributed by atoms with E-state index in [-0.39, 0.29) is 0 Å². The van der Waals surface area contributed by atoms with Crippen LogP contribution < -0.4 is 14.8 Å². The Morgan fingerprint density at radius 3 is 2.18 bits per heavy atom. The molecule has 1 aromatic carbocycles. The number of halogens is 1. The van der Waals surface area contributed by atoms with Gasteiger partial charge in [0.25, 0.3) is 0 Å². The van der Waals surface area contributed by atoms with E-state index in [4.69, 9.17) is 9.47 Å². The SMILES string of the molecule is CCOc1cc(Br)c(CNC2CCCCCC2)cc1OCC. The van der Waals surface area contributed by atoms with Gasteiger partial charge in [0.1, 0.15) is 0 Å². The third kappa shape index (κ3) is 5.17. The Labute approximate surface area is 142 Å². The van der Waals surface area contributed by atoms with E-state index in [0.29, 0.717) is 19.3 Å². The van der Waals surface area contributed by atoms with Gasteiger partial charge in [-0.3, -0.25) is 0 Å². The maximum Gasteiger partial charge on any atom is 0.162 e. The second-order valence-electron chi connectivity index (χ2n) is 5.83. The van der Waals surface area contributed by atoms with Crippen LogP contribution in [-0.2, 0) is 6.54 Å². The first kappa shape index (κ1) is 17.6. The minimum absolute atomic E-state index is 0.645. The largest absolute Gasteiger partial charge is 0.490 e. The van der Waals surface area contributed by atoms with E-state index >= 15 is 0 Å². The summed E-state index contributed by atoms with van der Waals surface area (Å²) in [6.07, 6.45) is 8.08. The molecule has 4 heteroatoms. The van der Waals surface area contributed by atoms with Crippen molar-refractivity contribution in [3.63, 3.8) is 0 Å². The van der Waals surface area contributed by atoms with Crippen LogP contribution in [0.15, 0.2) is 16.6 Å². The van der Waals surface area contributed by atoms with Gasteiger partial charge in [0.2, 0.25) is 0 Å². The van der Waals surface area contributed by atoms with Crippen molar-refractivity contribution >= 4 is 15.9 Å². The van der Waals surface area contributed by atoms with Crippen molar-refractivity contribution in [3.8, 4) is 11.5 Å². The third-order valence-corrected chi connectivity index (χ3v) is 4.89. The average Bonchev–Trinajstić information content (AvgIpc) is 2.78. The molecule has 0 aliphatic heterocycles. The van der Waals surface area contributed by atoms with Gasteiger partial charge in [-0.15, -0.1) is 0 Å². The maximum atomic E-state index is 5.72. The Kier molecular flexibility index (Phi) is 7.53. The molecule has 0 saturated heterocycles. The summed E-state index contributed by atoms with van der Waals surface area (Å²) in [5.41, 5.74) is 1.23. The molecular formula is C18H28BrNO2. The number of hydrogen-bond acceptors (Lipinski definition) is 3. The van der Waals surface area contributed by atoms with Gasteiger partial charge in [-0.1, -0.05) is 41.6 Å². The fourth-order valence-electron chi connectivity index (χ4n) is 2.99. The van der Waals surface area contributed by atoms with Crippen molar-refractivity contribution in [1.82, 2.24) is 5.32 Å². The van der Waals surface area contributed by atoms with Crippen LogP contribution in [0.25, 0.3) is 0 Å². The lowest BCUT2D eigenvalue weighted by atomic mass is 10.1.